The van der Waals surface area contributed by atoms with E-state index in [2.05, 4.69) is 23.4 Å². The van der Waals surface area contributed by atoms with Gasteiger partial charge in [-0.25, -0.2) is 4.98 Å². The number of aromatic nitrogens is 2. The first kappa shape index (κ1) is 17.9. The van der Waals surface area contributed by atoms with E-state index in [9.17, 15) is 9.59 Å². The highest BCUT2D eigenvalue weighted by Crippen LogP contribution is 2.49. The summed E-state index contributed by atoms with van der Waals surface area (Å²) in [6.45, 7) is 8.68. The fraction of sp³-hybridized carbons (Fsp3) is 0.722. The van der Waals surface area contributed by atoms with Crippen LogP contribution >= 0.6 is 0 Å². The lowest BCUT2D eigenvalue weighted by molar-refractivity contribution is -0.137. The Kier molecular flexibility index (Phi) is 4.86. The molecule has 1 aromatic heterocycles. The summed E-state index contributed by atoms with van der Waals surface area (Å²) in [5, 5.41) is 0. The lowest BCUT2D eigenvalue weighted by atomic mass is 9.75. The predicted molar refractivity (Wildman–Crippen MR) is 93.1 cm³/mol. The molecule has 2 aliphatic rings. The van der Waals surface area contributed by atoms with Gasteiger partial charge in [0.15, 0.2) is 0 Å². The van der Waals surface area contributed by atoms with Gasteiger partial charge in [-0.2, -0.15) is 0 Å². The van der Waals surface area contributed by atoms with Crippen molar-refractivity contribution < 1.29 is 14.3 Å². The fourth-order valence-corrected chi connectivity index (χ4v) is 4.08. The first-order valence-corrected chi connectivity index (χ1v) is 8.96. The van der Waals surface area contributed by atoms with E-state index < -0.39 is 5.41 Å². The Morgan fingerprint density at radius 1 is 1.48 bits per heavy atom. The van der Waals surface area contributed by atoms with Crippen LogP contribution in [0.1, 0.15) is 44.8 Å². The number of nitrogens with zero attached hydrogens (tertiary/aromatic N) is 4. The van der Waals surface area contributed by atoms with Crippen LogP contribution in [0.3, 0.4) is 0 Å². The summed E-state index contributed by atoms with van der Waals surface area (Å²) in [6, 6.07) is 0.319. The largest absolute Gasteiger partial charge is 0.383 e. The van der Waals surface area contributed by atoms with Crippen LogP contribution in [0.4, 0.5) is 0 Å². The van der Waals surface area contributed by atoms with Crippen molar-refractivity contribution in [2.75, 3.05) is 39.9 Å². The van der Waals surface area contributed by atoms with E-state index >= 15 is 0 Å². The van der Waals surface area contributed by atoms with Crippen molar-refractivity contribution in [2.24, 2.45) is 5.41 Å². The van der Waals surface area contributed by atoms with Gasteiger partial charge in [0.1, 0.15) is 0 Å². The second kappa shape index (κ2) is 6.78. The molecule has 2 amide bonds. The minimum absolute atomic E-state index is 0.0216. The van der Waals surface area contributed by atoms with E-state index in [1.807, 2.05) is 17.4 Å². The summed E-state index contributed by atoms with van der Waals surface area (Å²) < 4.78 is 7.19. The Hall–Kier alpha value is -1.89. The van der Waals surface area contributed by atoms with Crippen LogP contribution in [0.2, 0.25) is 0 Å². The van der Waals surface area contributed by atoms with Crippen LogP contribution in [0.5, 0.6) is 0 Å². The quantitative estimate of drug-likeness (QED) is 0.804. The first-order chi connectivity index (χ1) is 11.9. The number of carbonyl (C=O) groups excluding carboxylic acids is 2. The van der Waals surface area contributed by atoms with Crippen molar-refractivity contribution >= 4 is 11.8 Å². The number of hydrogen-bond donors (Lipinski definition) is 0. The molecule has 3 rings (SSSR count). The van der Waals surface area contributed by atoms with Crippen molar-refractivity contribution in [1.82, 2.24) is 19.4 Å². The number of methoxy groups -OCH3 is 1. The summed E-state index contributed by atoms with van der Waals surface area (Å²) >= 11 is 0. The second-order valence-electron chi connectivity index (χ2n) is 7.48. The topological polar surface area (TPSA) is 67.7 Å². The van der Waals surface area contributed by atoms with E-state index in [4.69, 9.17) is 4.74 Å². The maximum Gasteiger partial charge on any atom is 0.231 e. The molecule has 2 aliphatic heterocycles. The Bertz CT molecular complexity index is 657. The Balaban J connectivity index is 1.91. The summed E-state index contributed by atoms with van der Waals surface area (Å²) in [5.74, 6) is 0.113. The molecule has 25 heavy (non-hydrogen) atoms. The Morgan fingerprint density at radius 2 is 2.24 bits per heavy atom. The van der Waals surface area contributed by atoms with Gasteiger partial charge in [0.25, 0.3) is 0 Å². The van der Waals surface area contributed by atoms with Crippen LogP contribution < -0.4 is 0 Å². The minimum Gasteiger partial charge on any atom is -0.383 e. The molecule has 7 nitrogen and oxygen atoms in total. The second-order valence-corrected chi connectivity index (χ2v) is 7.48. The lowest BCUT2D eigenvalue weighted by Gasteiger charge is -2.27. The molecular formula is C18H28N4O3. The number of hydrogen-bond acceptors (Lipinski definition) is 4. The van der Waals surface area contributed by atoms with E-state index in [0.717, 1.165) is 18.7 Å². The van der Waals surface area contributed by atoms with Crippen molar-refractivity contribution in [3.05, 3.63) is 18.2 Å². The zero-order valence-corrected chi connectivity index (χ0v) is 15.6. The van der Waals surface area contributed by atoms with Crippen LogP contribution in [0.25, 0.3) is 0 Å². The smallest absolute Gasteiger partial charge is 0.231 e. The molecule has 0 aliphatic carbocycles. The predicted octanol–water partition coefficient (Wildman–Crippen LogP) is 1.27. The van der Waals surface area contributed by atoms with Gasteiger partial charge >= 0.3 is 0 Å². The first-order valence-electron chi connectivity index (χ1n) is 8.96. The van der Waals surface area contributed by atoms with Gasteiger partial charge in [0.05, 0.1) is 24.0 Å². The molecule has 3 heterocycles. The molecule has 0 bridgehead atoms. The third kappa shape index (κ3) is 3.05. The van der Waals surface area contributed by atoms with Crippen LogP contribution in [0.15, 0.2) is 12.5 Å². The highest BCUT2D eigenvalue weighted by molar-refractivity contribution is 5.88. The van der Waals surface area contributed by atoms with Crippen molar-refractivity contribution in [3.8, 4) is 0 Å². The molecule has 2 saturated heterocycles. The van der Waals surface area contributed by atoms with Gasteiger partial charge in [-0.3, -0.25) is 9.59 Å². The normalized spacial score (nSPS) is 26.4. The molecule has 138 valence electrons. The number of ether oxygens (including phenoxy) is 1. The van der Waals surface area contributed by atoms with Gasteiger partial charge < -0.3 is 19.1 Å². The van der Waals surface area contributed by atoms with Crippen molar-refractivity contribution in [3.63, 3.8) is 0 Å². The average Bonchev–Trinajstić information content (AvgIpc) is 3.26. The molecule has 1 spiro atoms. The monoisotopic (exact) mass is 348 g/mol. The Labute approximate surface area is 148 Å². The minimum atomic E-state index is -0.546. The van der Waals surface area contributed by atoms with Crippen molar-refractivity contribution in [2.45, 2.75) is 39.2 Å². The average molecular weight is 348 g/mol. The maximum atomic E-state index is 13.2. The Morgan fingerprint density at radius 3 is 2.84 bits per heavy atom. The van der Waals surface area contributed by atoms with Crippen LogP contribution in [-0.4, -0.2) is 71.1 Å². The zero-order valence-electron chi connectivity index (χ0n) is 15.6. The van der Waals surface area contributed by atoms with Gasteiger partial charge in [-0.05, 0) is 20.3 Å². The number of imidazole rings is 1. The molecule has 0 saturated carbocycles. The molecule has 0 radical (unpaired) electrons. The molecule has 7 heteroatoms. The van der Waals surface area contributed by atoms with Crippen LogP contribution in [-0.2, 0) is 14.3 Å². The highest BCUT2D eigenvalue weighted by atomic mass is 16.5. The SMILES string of the molecule is COCCN1CC[C@]2(CN(C(C)=O)C[C@H]2c2cn(C(C)C)cn2)C1=O. The van der Waals surface area contributed by atoms with Gasteiger partial charge in [-0.15, -0.1) is 0 Å². The van der Waals surface area contributed by atoms with E-state index in [-0.39, 0.29) is 17.7 Å². The van der Waals surface area contributed by atoms with Gasteiger partial charge in [-0.1, -0.05) is 0 Å². The zero-order chi connectivity index (χ0) is 18.2. The molecule has 1 aromatic rings. The molecular weight excluding hydrogens is 320 g/mol. The molecule has 0 aromatic carbocycles. The highest BCUT2D eigenvalue weighted by Gasteiger charge is 2.58. The molecule has 2 fully saturated rings. The maximum absolute atomic E-state index is 13.2. The molecule has 0 N–H and O–H groups in total. The fourth-order valence-electron chi connectivity index (χ4n) is 4.08. The molecule has 0 unspecified atom stereocenters. The standard InChI is InChI=1S/C18H28N4O3/c1-13(2)22-10-16(19-12-22)15-9-21(14(3)23)11-18(15)5-6-20(17(18)24)7-8-25-4/h10,12-13,15H,5-9,11H2,1-4H3/t15-,18+/m0/s1. The summed E-state index contributed by atoms with van der Waals surface area (Å²) in [7, 11) is 1.64. The summed E-state index contributed by atoms with van der Waals surface area (Å²) in [5.41, 5.74) is 0.370. The number of carbonyl (C=O) groups is 2. The van der Waals surface area contributed by atoms with E-state index in [0.29, 0.717) is 32.3 Å². The third-order valence-corrected chi connectivity index (χ3v) is 5.67. The van der Waals surface area contributed by atoms with E-state index in [1.54, 1.807) is 18.9 Å². The number of amides is 2. The number of rotatable bonds is 5. The van der Waals surface area contributed by atoms with Crippen molar-refractivity contribution in [1.29, 1.82) is 0 Å². The van der Waals surface area contributed by atoms with Crippen LogP contribution in [0, 0.1) is 5.41 Å². The third-order valence-electron chi connectivity index (χ3n) is 5.67. The lowest BCUT2D eigenvalue weighted by Crippen LogP contribution is -2.41. The summed E-state index contributed by atoms with van der Waals surface area (Å²) in [6.07, 6.45) is 4.62. The number of likely N-dealkylation sites (tertiary alicyclic amines) is 2. The molecule has 2 atom stereocenters. The van der Waals surface area contributed by atoms with Gasteiger partial charge in [0.2, 0.25) is 11.8 Å². The van der Waals surface area contributed by atoms with Gasteiger partial charge in [0, 0.05) is 58.4 Å². The summed E-state index contributed by atoms with van der Waals surface area (Å²) in [4.78, 5) is 33.5. The van der Waals surface area contributed by atoms with E-state index in [1.165, 1.54) is 0 Å².